The van der Waals surface area contributed by atoms with Gasteiger partial charge in [-0.25, -0.2) is 13.2 Å². The molecule has 0 aliphatic heterocycles. The molecule has 0 aliphatic rings. The Kier molecular flexibility index (Phi) is 5.67. The summed E-state index contributed by atoms with van der Waals surface area (Å²) in [5, 5.41) is 17.5. The summed E-state index contributed by atoms with van der Waals surface area (Å²) in [6, 6.07) is 1.49. The number of carbonyl (C=O) groups is 2. The van der Waals surface area contributed by atoms with E-state index in [1.165, 1.54) is 0 Å². The SMILES string of the molecule is COC(=O)C(CO)NS(=O)(=O)c1ccc(C(=O)O)c(Cl)c1. The molecule has 0 heterocycles. The topological polar surface area (TPSA) is 130 Å². The van der Waals surface area contributed by atoms with E-state index < -0.39 is 34.6 Å². The van der Waals surface area contributed by atoms with Gasteiger partial charge in [-0.1, -0.05) is 11.6 Å². The summed E-state index contributed by atoms with van der Waals surface area (Å²) in [6.45, 7) is -0.799. The molecule has 1 rings (SSSR count). The lowest BCUT2D eigenvalue weighted by molar-refractivity contribution is -0.143. The van der Waals surface area contributed by atoms with Crippen molar-refractivity contribution < 1.29 is 33.0 Å². The number of methoxy groups -OCH3 is 1. The van der Waals surface area contributed by atoms with Gasteiger partial charge in [0.05, 0.1) is 29.2 Å². The predicted octanol–water partition coefficient (Wildman–Crippen LogP) is -0.150. The van der Waals surface area contributed by atoms with Crippen LogP contribution in [0.4, 0.5) is 0 Å². The molecule has 1 atom stereocenters. The summed E-state index contributed by atoms with van der Waals surface area (Å²) < 4.78 is 30.3. The Morgan fingerprint density at radius 1 is 1.43 bits per heavy atom. The standard InChI is InChI=1S/C11H12ClNO7S/c1-20-11(17)9(5-14)13-21(18,19)6-2-3-7(10(15)16)8(12)4-6/h2-4,9,13-14H,5H2,1H3,(H,15,16). The molecule has 10 heteroatoms. The summed E-state index contributed by atoms with van der Waals surface area (Å²) >= 11 is 5.68. The van der Waals surface area contributed by atoms with Gasteiger partial charge in [0.1, 0.15) is 6.04 Å². The summed E-state index contributed by atoms with van der Waals surface area (Å²) in [5.41, 5.74) is -0.262. The number of benzene rings is 1. The van der Waals surface area contributed by atoms with Crippen LogP contribution in [-0.2, 0) is 19.6 Å². The first-order chi connectivity index (χ1) is 9.72. The summed E-state index contributed by atoms with van der Waals surface area (Å²) in [7, 11) is -3.14. The van der Waals surface area contributed by atoms with E-state index in [4.69, 9.17) is 21.8 Å². The minimum absolute atomic E-state index is 0.262. The first-order valence-corrected chi connectivity index (χ1v) is 7.33. The number of hydrogen-bond donors (Lipinski definition) is 3. The van der Waals surface area contributed by atoms with Crippen LogP contribution < -0.4 is 4.72 Å². The van der Waals surface area contributed by atoms with Crippen molar-refractivity contribution in [2.24, 2.45) is 0 Å². The Balaban J connectivity index is 3.11. The van der Waals surface area contributed by atoms with E-state index in [9.17, 15) is 18.0 Å². The minimum Gasteiger partial charge on any atom is -0.478 e. The van der Waals surface area contributed by atoms with Gasteiger partial charge in [-0.2, -0.15) is 4.72 Å². The third-order valence-electron chi connectivity index (χ3n) is 2.45. The van der Waals surface area contributed by atoms with Gasteiger partial charge in [-0.3, -0.25) is 4.79 Å². The van der Waals surface area contributed by atoms with Crippen molar-refractivity contribution in [3.63, 3.8) is 0 Å². The highest BCUT2D eigenvalue weighted by Gasteiger charge is 2.26. The highest BCUT2D eigenvalue weighted by Crippen LogP contribution is 2.21. The van der Waals surface area contributed by atoms with Crippen LogP contribution >= 0.6 is 11.6 Å². The van der Waals surface area contributed by atoms with E-state index >= 15 is 0 Å². The van der Waals surface area contributed by atoms with Crippen molar-refractivity contribution in [1.29, 1.82) is 0 Å². The maximum Gasteiger partial charge on any atom is 0.337 e. The Hall–Kier alpha value is -1.68. The fraction of sp³-hybridized carbons (Fsp3) is 0.273. The average Bonchev–Trinajstić information content (AvgIpc) is 2.43. The largest absolute Gasteiger partial charge is 0.478 e. The van der Waals surface area contributed by atoms with Crippen LogP contribution in [0.5, 0.6) is 0 Å². The van der Waals surface area contributed by atoms with Gasteiger partial charge < -0.3 is 14.9 Å². The molecule has 0 bridgehead atoms. The monoisotopic (exact) mass is 337 g/mol. The van der Waals surface area contributed by atoms with E-state index in [2.05, 4.69) is 4.74 Å². The van der Waals surface area contributed by atoms with Crippen LogP contribution in [0.3, 0.4) is 0 Å². The maximum atomic E-state index is 12.0. The Labute approximate surface area is 125 Å². The molecular formula is C11H12ClNO7S. The zero-order chi connectivity index (χ0) is 16.2. The number of halogens is 1. The lowest BCUT2D eigenvalue weighted by atomic mass is 10.2. The minimum atomic E-state index is -4.18. The van der Waals surface area contributed by atoms with Crippen LogP contribution in [0.1, 0.15) is 10.4 Å². The highest BCUT2D eigenvalue weighted by molar-refractivity contribution is 7.89. The van der Waals surface area contributed by atoms with Crippen molar-refractivity contribution in [1.82, 2.24) is 4.72 Å². The summed E-state index contributed by atoms with van der Waals surface area (Å²) in [5.74, 6) is -2.27. The van der Waals surface area contributed by atoms with Crippen molar-refractivity contribution in [2.45, 2.75) is 10.9 Å². The molecule has 21 heavy (non-hydrogen) atoms. The van der Waals surface area contributed by atoms with Crippen molar-refractivity contribution in [3.8, 4) is 0 Å². The quantitative estimate of drug-likeness (QED) is 0.615. The molecule has 0 saturated heterocycles. The molecular weight excluding hydrogens is 326 g/mol. The zero-order valence-electron chi connectivity index (χ0n) is 10.7. The molecule has 1 aromatic carbocycles. The third-order valence-corrected chi connectivity index (χ3v) is 4.23. The number of rotatable bonds is 6. The molecule has 0 aromatic heterocycles. The second-order valence-corrected chi connectivity index (χ2v) is 5.95. The number of aromatic carboxylic acids is 1. The average molecular weight is 338 g/mol. The zero-order valence-corrected chi connectivity index (χ0v) is 12.3. The fourth-order valence-corrected chi connectivity index (χ4v) is 2.92. The van der Waals surface area contributed by atoms with Crippen molar-refractivity contribution >= 4 is 33.6 Å². The number of sulfonamides is 1. The second-order valence-electron chi connectivity index (χ2n) is 3.83. The Bertz CT molecular complexity index is 659. The molecule has 0 saturated carbocycles. The van der Waals surface area contributed by atoms with E-state index in [1.807, 2.05) is 4.72 Å². The van der Waals surface area contributed by atoms with E-state index in [1.54, 1.807) is 0 Å². The van der Waals surface area contributed by atoms with Crippen LogP contribution in [-0.4, -0.2) is 50.3 Å². The molecule has 116 valence electrons. The van der Waals surface area contributed by atoms with Gasteiger partial charge in [0.2, 0.25) is 10.0 Å². The third kappa shape index (κ3) is 4.14. The highest BCUT2D eigenvalue weighted by atomic mass is 35.5. The van der Waals surface area contributed by atoms with Crippen molar-refractivity contribution in [3.05, 3.63) is 28.8 Å². The molecule has 0 radical (unpaired) electrons. The summed E-state index contributed by atoms with van der Waals surface area (Å²) in [6.07, 6.45) is 0. The number of carboxylic acids is 1. The van der Waals surface area contributed by atoms with Gasteiger partial charge in [0, 0.05) is 0 Å². The van der Waals surface area contributed by atoms with Gasteiger partial charge in [0.25, 0.3) is 0 Å². The van der Waals surface area contributed by atoms with Crippen LogP contribution in [0.25, 0.3) is 0 Å². The number of ether oxygens (including phenoxy) is 1. The second kappa shape index (κ2) is 6.85. The fourth-order valence-electron chi connectivity index (χ4n) is 1.39. The molecule has 0 amide bonds. The molecule has 3 N–H and O–H groups in total. The molecule has 1 unspecified atom stereocenters. The van der Waals surface area contributed by atoms with Crippen LogP contribution in [0.2, 0.25) is 5.02 Å². The van der Waals surface area contributed by atoms with Crippen LogP contribution in [0.15, 0.2) is 23.1 Å². The molecule has 1 aromatic rings. The Morgan fingerprint density at radius 2 is 2.05 bits per heavy atom. The number of hydrogen-bond acceptors (Lipinski definition) is 6. The number of carboxylic acid groups (broad SMARTS) is 1. The number of aliphatic hydroxyl groups excluding tert-OH is 1. The summed E-state index contributed by atoms with van der Waals surface area (Å²) in [4.78, 5) is 21.7. The first-order valence-electron chi connectivity index (χ1n) is 5.46. The Morgan fingerprint density at radius 3 is 2.48 bits per heavy atom. The smallest absolute Gasteiger partial charge is 0.337 e. The number of esters is 1. The van der Waals surface area contributed by atoms with Crippen LogP contribution in [0, 0.1) is 0 Å². The first kappa shape index (κ1) is 17.4. The lowest BCUT2D eigenvalue weighted by Gasteiger charge is -2.14. The molecule has 0 fully saturated rings. The van der Waals surface area contributed by atoms with Crippen molar-refractivity contribution in [2.75, 3.05) is 13.7 Å². The number of nitrogens with one attached hydrogen (secondary N) is 1. The normalized spacial score (nSPS) is 12.7. The van der Waals surface area contributed by atoms with E-state index in [0.29, 0.717) is 0 Å². The van der Waals surface area contributed by atoms with E-state index in [0.717, 1.165) is 25.3 Å². The van der Waals surface area contributed by atoms with Gasteiger partial charge in [-0.05, 0) is 18.2 Å². The van der Waals surface area contributed by atoms with Gasteiger partial charge in [-0.15, -0.1) is 0 Å². The number of carbonyl (C=O) groups excluding carboxylic acids is 1. The molecule has 0 spiro atoms. The van der Waals surface area contributed by atoms with Gasteiger partial charge in [0.15, 0.2) is 0 Å². The number of aliphatic hydroxyl groups is 1. The van der Waals surface area contributed by atoms with E-state index in [-0.39, 0.29) is 15.5 Å². The predicted molar refractivity (Wildman–Crippen MR) is 71.6 cm³/mol. The maximum absolute atomic E-state index is 12.0. The lowest BCUT2D eigenvalue weighted by Crippen LogP contribution is -2.43. The molecule has 8 nitrogen and oxygen atoms in total. The van der Waals surface area contributed by atoms with Gasteiger partial charge >= 0.3 is 11.9 Å². The molecule has 0 aliphatic carbocycles.